The lowest BCUT2D eigenvalue weighted by Crippen LogP contribution is -2.45. The third-order valence-electron chi connectivity index (χ3n) is 5.62. The molecular weight excluding hydrogens is 464 g/mol. The summed E-state index contributed by atoms with van der Waals surface area (Å²) < 4.78 is 11.5. The second-order valence-corrected chi connectivity index (χ2v) is 11.1. The van der Waals surface area contributed by atoms with Gasteiger partial charge in [-0.1, -0.05) is 20.8 Å². The highest BCUT2D eigenvalue weighted by atomic mass is 32.1. The summed E-state index contributed by atoms with van der Waals surface area (Å²) in [5.41, 5.74) is 3.91. The number of aliphatic hydroxyl groups excluding tert-OH is 1. The van der Waals surface area contributed by atoms with Crippen LogP contribution in [-0.4, -0.2) is 71.7 Å². The van der Waals surface area contributed by atoms with Crippen molar-refractivity contribution >= 4 is 71.8 Å². The minimum Gasteiger partial charge on any atom is -0.497 e. The molecule has 0 aliphatic heterocycles. The number of fused-ring (bicyclic) bond motifs is 2. The van der Waals surface area contributed by atoms with E-state index in [1.165, 1.54) is 17.5 Å². The number of aryl methyl sites for hydroxylation is 1. The van der Waals surface area contributed by atoms with Crippen LogP contribution in [0, 0.1) is 12.3 Å². The first-order chi connectivity index (χ1) is 16.6. The number of hydrogen-bond donors (Lipinski definition) is 1. The van der Waals surface area contributed by atoms with Crippen LogP contribution in [-0.2, 0) is 10.1 Å². The lowest BCUT2D eigenvalue weighted by Gasteiger charge is -2.35. The van der Waals surface area contributed by atoms with Crippen LogP contribution in [0.3, 0.4) is 0 Å². The quantitative estimate of drug-likeness (QED) is 0.423. The Labute approximate surface area is 221 Å². The predicted molar refractivity (Wildman–Crippen MR) is 148 cm³/mol. The maximum atomic E-state index is 11.1. The molecule has 2 heterocycles. The van der Waals surface area contributed by atoms with Crippen molar-refractivity contribution < 1.29 is 14.6 Å². The number of benzene rings is 2. The third kappa shape index (κ3) is 5.36. The summed E-state index contributed by atoms with van der Waals surface area (Å²) in [7, 11) is 30.2. The molecule has 0 aliphatic rings. The Bertz CT molecular complexity index is 1450. The van der Waals surface area contributed by atoms with Crippen LogP contribution in [0.5, 0.6) is 5.75 Å². The molecule has 0 aliphatic carbocycles. The van der Waals surface area contributed by atoms with Crippen molar-refractivity contribution in [3.63, 3.8) is 0 Å². The number of aliphatic hydroxyl groups is 1. The van der Waals surface area contributed by atoms with Gasteiger partial charge in [-0.2, -0.15) is 0 Å². The van der Waals surface area contributed by atoms with Crippen LogP contribution >= 0.6 is 11.3 Å². The van der Waals surface area contributed by atoms with Gasteiger partial charge in [-0.05, 0) is 47.5 Å². The average molecular weight is 487 g/mol. The van der Waals surface area contributed by atoms with E-state index in [0.29, 0.717) is 32.9 Å². The van der Waals surface area contributed by atoms with Crippen LogP contribution in [0.25, 0.3) is 31.8 Å². The summed E-state index contributed by atoms with van der Waals surface area (Å²) in [6.07, 6.45) is 0.640. The molecule has 2 aromatic heterocycles. The van der Waals surface area contributed by atoms with E-state index in [-0.39, 0.29) is 5.69 Å². The Morgan fingerprint density at radius 2 is 1.67 bits per heavy atom. The zero-order chi connectivity index (χ0) is 26.6. The number of thiazole rings is 1. The van der Waals surface area contributed by atoms with Crippen molar-refractivity contribution in [1.29, 1.82) is 0 Å². The minimum absolute atomic E-state index is 0.0990. The molecule has 0 saturated carbocycles. The first-order valence-electron chi connectivity index (χ1n) is 11.2. The molecule has 1 N–H and O–H groups in total. The molecule has 0 saturated heterocycles. The molecule has 10 radical (unpaired) electrons. The van der Waals surface area contributed by atoms with Crippen molar-refractivity contribution in [1.82, 2.24) is 15.0 Å². The van der Waals surface area contributed by atoms with Gasteiger partial charge in [0.1, 0.15) is 26.4 Å². The molecule has 0 spiro atoms. The van der Waals surface area contributed by atoms with Gasteiger partial charge in [-0.15, -0.1) is 11.3 Å². The first-order valence-corrected chi connectivity index (χ1v) is 12.0. The molecule has 2 aromatic carbocycles. The van der Waals surface area contributed by atoms with E-state index in [0.717, 1.165) is 15.8 Å². The van der Waals surface area contributed by atoms with Crippen LogP contribution in [0.1, 0.15) is 43.7 Å². The number of methoxy groups -OCH3 is 1. The van der Waals surface area contributed by atoms with Gasteiger partial charge in [0.15, 0.2) is 0 Å². The van der Waals surface area contributed by atoms with E-state index >= 15 is 0 Å². The molecule has 0 fully saturated rings. The van der Waals surface area contributed by atoms with E-state index in [4.69, 9.17) is 53.7 Å². The van der Waals surface area contributed by atoms with Crippen molar-refractivity contribution in [2.24, 2.45) is 5.41 Å². The lowest BCUT2D eigenvalue weighted by atomic mass is 9.50. The van der Waals surface area contributed by atoms with Crippen LogP contribution in [0.4, 0.5) is 0 Å². The van der Waals surface area contributed by atoms with Crippen LogP contribution in [0.2, 0.25) is 0 Å². The van der Waals surface area contributed by atoms with E-state index in [9.17, 15) is 5.11 Å². The van der Waals surface area contributed by atoms with Gasteiger partial charge in [0.05, 0.1) is 69.9 Å². The number of hydrogen-bond acceptors (Lipinski definition) is 7. The van der Waals surface area contributed by atoms with Gasteiger partial charge in [0.2, 0.25) is 0 Å². The maximum absolute atomic E-state index is 11.1. The summed E-state index contributed by atoms with van der Waals surface area (Å²) in [6.45, 7) is 7.85. The van der Waals surface area contributed by atoms with E-state index in [2.05, 4.69) is 9.97 Å². The highest BCUT2D eigenvalue weighted by Crippen LogP contribution is 2.42. The fraction of sp³-hybridized carbons (Fsp3) is 0.375. The highest BCUT2D eigenvalue weighted by molar-refractivity contribution is 7.21. The first kappa shape index (κ1) is 26.8. The van der Waals surface area contributed by atoms with Gasteiger partial charge in [-0.25, -0.2) is 9.97 Å². The molecule has 1 unspecified atom stereocenters. The summed E-state index contributed by atoms with van der Waals surface area (Å²) in [5, 5.41) is 7.77. The Morgan fingerprint density at radius 1 is 0.972 bits per heavy atom. The Morgan fingerprint density at radius 3 is 2.28 bits per heavy atom. The number of nitrogens with zero attached hydrogens (tertiary/aromatic N) is 3. The van der Waals surface area contributed by atoms with Gasteiger partial charge in [0.25, 0.3) is 0 Å². The molecule has 4 aromatic rings. The molecular formula is C24H22B5N3O3S. The van der Waals surface area contributed by atoms with Crippen molar-refractivity contribution in [2.75, 3.05) is 7.11 Å². The van der Waals surface area contributed by atoms with Crippen molar-refractivity contribution in [2.45, 2.75) is 44.5 Å². The Balaban J connectivity index is 1.89. The third-order valence-corrected chi connectivity index (χ3v) is 6.65. The normalized spacial score (nSPS) is 13.8. The molecule has 172 valence electrons. The standard InChI is InChI=1S/C24H22B5N3O3S/c1-11-6-14(18-15(7-11)31-17(10-30-18)23(25,26)35-24(27,28)29)21-32-19-13(20(33)22(2,3)4)8-12(34-5)9-16(19)36-21/h6-10,20,33H,1-5H3. The smallest absolute Gasteiger partial charge is 0.126 e. The molecule has 1 atom stereocenters. The van der Waals surface area contributed by atoms with Crippen LogP contribution < -0.4 is 4.74 Å². The summed E-state index contributed by atoms with van der Waals surface area (Å²) in [5.74, 6) is 0.646. The predicted octanol–water partition coefficient (Wildman–Crippen LogP) is 2.88. The fourth-order valence-corrected chi connectivity index (χ4v) is 4.94. The topological polar surface area (TPSA) is 77.4 Å². The highest BCUT2D eigenvalue weighted by Gasteiger charge is 2.29. The molecule has 0 bridgehead atoms. The van der Waals surface area contributed by atoms with Crippen LogP contribution in [0.15, 0.2) is 30.5 Å². The molecule has 4 rings (SSSR count). The average Bonchev–Trinajstić information content (AvgIpc) is 3.18. The van der Waals surface area contributed by atoms with Gasteiger partial charge < -0.3 is 14.6 Å². The maximum Gasteiger partial charge on any atom is 0.126 e. The van der Waals surface area contributed by atoms with Gasteiger partial charge in [0, 0.05) is 16.5 Å². The SMILES string of the molecule is [B]C([B])([B])OC([B])([B])c1cnc2c(-c3nc4c(C(O)C(C)(C)C)cc(OC)cc4s3)cc(C)cc2n1. The number of ether oxygens (including phenoxy) is 2. The van der Waals surface area contributed by atoms with E-state index in [1.807, 2.05) is 52.0 Å². The van der Waals surface area contributed by atoms with E-state index in [1.54, 1.807) is 7.11 Å². The molecule has 12 heteroatoms. The molecule has 0 amide bonds. The minimum atomic E-state index is -2.06. The molecule has 6 nitrogen and oxygen atoms in total. The number of aromatic nitrogens is 3. The fourth-order valence-electron chi connectivity index (χ4n) is 3.90. The zero-order valence-corrected chi connectivity index (χ0v) is 21.7. The monoisotopic (exact) mass is 487 g/mol. The van der Waals surface area contributed by atoms with Gasteiger partial charge >= 0.3 is 0 Å². The summed E-state index contributed by atoms with van der Waals surface area (Å²) in [6, 6.07) is 7.56. The summed E-state index contributed by atoms with van der Waals surface area (Å²) in [4.78, 5) is 14.0. The van der Waals surface area contributed by atoms with Crippen molar-refractivity contribution in [3.05, 3.63) is 47.3 Å². The zero-order valence-electron chi connectivity index (χ0n) is 20.9. The van der Waals surface area contributed by atoms with E-state index < -0.39 is 22.2 Å². The number of rotatable bonds is 6. The van der Waals surface area contributed by atoms with Gasteiger partial charge in [-0.3, -0.25) is 4.98 Å². The molecule has 36 heavy (non-hydrogen) atoms. The summed E-state index contributed by atoms with van der Waals surface area (Å²) >= 11 is 1.47. The second-order valence-electron chi connectivity index (χ2n) is 10.0. The largest absolute Gasteiger partial charge is 0.497 e. The second kappa shape index (κ2) is 9.23. The van der Waals surface area contributed by atoms with Crippen molar-refractivity contribution in [3.8, 4) is 16.3 Å². The Kier molecular flexibility index (Phi) is 6.86. The Hall–Kier alpha value is -2.29. The lowest BCUT2D eigenvalue weighted by molar-refractivity contribution is 0.0636.